The zero-order valence-electron chi connectivity index (χ0n) is 12.9. The maximum Gasteiger partial charge on any atom is 0.202 e. The molecule has 1 aliphatic heterocycles. The molecule has 1 saturated carbocycles. The highest BCUT2D eigenvalue weighted by Gasteiger charge is 2.31. The Labute approximate surface area is 135 Å². The van der Waals surface area contributed by atoms with E-state index in [1.807, 2.05) is 0 Å². The van der Waals surface area contributed by atoms with Crippen LogP contribution < -0.4 is 5.32 Å². The molecule has 4 nitrogen and oxygen atoms in total. The van der Waals surface area contributed by atoms with Crippen LogP contribution in [0.2, 0.25) is 0 Å². The Bertz CT molecular complexity index is 623. The number of hydrogen-bond donors (Lipinski definition) is 1. The van der Waals surface area contributed by atoms with Gasteiger partial charge in [0.1, 0.15) is 5.82 Å². The minimum Gasteiger partial charge on any atom is -0.356 e. The van der Waals surface area contributed by atoms with E-state index in [1.54, 1.807) is 0 Å². The molecule has 0 bridgehead atoms. The molecule has 4 rings (SSSR count). The lowest BCUT2D eigenvalue weighted by Gasteiger charge is -2.16. The summed E-state index contributed by atoms with van der Waals surface area (Å²) in [7, 11) is 0. The molecule has 0 radical (unpaired) electrons. The van der Waals surface area contributed by atoms with Crippen LogP contribution in [0.1, 0.15) is 37.1 Å². The number of nitrogens with zero attached hydrogens (tertiary/aromatic N) is 3. The normalized spacial score (nSPS) is 25.5. The van der Waals surface area contributed by atoms with Gasteiger partial charge in [0.25, 0.3) is 0 Å². The van der Waals surface area contributed by atoms with Crippen molar-refractivity contribution in [1.82, 2.24) is 14.3 Å². The van der Waals surface area contributed by atoms with Gasteiger partial charge in [0.05, 0.1) is 0 Å². The van der Waals surface area contributed by atoms with E-state index in [-0.39, 0.29) is 0 Å². The first kappa shape index (κ1) is 14.2. The number of likely N-dealkylation sites (tertiary alicyclic amines) is 1. The maximum atomic E-state index is 4.66. The van der Waals surface area contributed by atoms with Crippen molar-refractivity contribution in [3.05, 3.63) is 41.7 Å². The molecule has 2 atom stereocenters. The van der Waals surface area contributed by atoms with Crippen molar-refractivity contribution in [1.29, 1.82) is 0 Å². The van der Waals surface area contributed by atoms with E-state index in [9.17, 15) is 0 Å². The second-order valence-electron chi connectivity index (χ2n) is 6.64. The summed E-state index contributed by atoms with van der Waals surface area (Å²) in [6.07, 6.45) is 2.53. The van der Waals surface area contributed by atoms with Crippen molar-refractivity contribution in [2.24, 2.45) is 5.92 Å². The lowest BCUT2D eigenvalue weighted by molar-refractivity contribution is 0.319. The molecule has 22 heavy (non-hydrogen) atoms. The van der Waals surface area contributed by atoms with E-state index in [0.29, 0.717) is 17.9 Å². The Morgan fingerprint density at radius 1 is 1.23 bits per heavy atom. The summed E-state index contributed by atoms with van der Waals surface area (Å²) in [5.74, 6) is 2.33. The fourth-order valence-electron chi connectivity index (χ4n) is 3.19. The molecular weight excluding hydrogens is 292 g/mol. The summed E-state index contributed by atoms with van der Waals surface area (Å²) in [4.78, 5) is 7.19. The van der Waals surface area contributed by atoms with Gasteiger partial charge in [0.15, 0.2) is 0 Å². The Balaban J connectivity index is 1.36. The molecule has 1 saturated heterocycles. The lowest BCUT2D eigenvalue weighted by Crippen LogP contribution is -2.27. The molecule has 2 heterocycles. The SMILES string of the molecule is CC1CN(Cc2ccccc2)CC1Nc1nc(C2CC2)ns1. The van der Waals surface area contributed by atoms with Crippen LogP contribution in [-0.2, 0) is 6.54 Å². The van der Waals surface area contributed by atoms with E-state index in [2.05, 4.69) is 56.8 Å². The van der Waals surface area contributed by atoms with Crippen molar-refractivity contribution in [2.75, 3.05) is 18.4 Å². The zero-order chi connectivity index (χ0) is 14.9. The predicted octanol–water partition coefficient (Wildman–Crippen LogP) is 3.35. The third-order valence-corrected chi connectivity index (χ3v) is 5.29. The topological polar surface area (TPSA) is 41.0 Å². The van der Waals surface area contributed by atoms with Gasteiger partial charge in [-0.25, -0.2) is 4.98 Å². The van der Waals surface area contributed by atoms with E-state index < -0.39 is 0 Å². The molecule has 1 aromatic carbocycles. The quantitative estimate of drug-likeness (QED) is 0.919. The van der Waals surface area contributed by atoms with Gasteiger partial charge in [0.2, 0.25) is 5.13 Å². The predicted molar refractivity (Wildman–Crippen MR) is 90.2 cm³/mol. The maximum absolute atomic E-state index is 4.66. The van der Waals surface area contributed by atoms with Crippen LogP contribution in [0.4, 0.5) is 5.13 Å². The van der Waals surface area contributed by atoms with Crippen LogP contribution in [-0.4, -0.2) is 33.4 Å². The number of rotatable bonds is 5. The molecule has 116 valence electrons. The minimum atomic E-state index is 0.476. The molecule has 1 aromatic heterocycles. The standard InChI is InChI=1S/C17H22N4S/c1-12-9-21(10-13-5-3-2-4-6-13)11-15(12)18-17-19-16(20-22-17)14-7-8-14/h2-6,12,14-15H,7-11H2,1H3,(H,18,19,20). The van der Waals surface area contributed by atoms with Gasteiger partial charge in [-0.05, 0) is 24.3 Å². The van der Waals surface area contributed by atoms with E-state index in [1.165, 1.54) is 29.9 Å². The van der Waals surface area contributed by atoms with Crippen molar-refractivity contribution >= 4 is 16.7 Å². The first-order chi connectivity index (χ1) is 10.8. The smallest absolute Gasteiger partial charge is 0.202 e. The summed E-state index contributed by atoms with van der Waals surface area (Å²) in [5.41, 5.74) is 1.39. The molecule has 0 amide bonds. The molecule has 5 heteroatoms. The summed E-state index contributed by atoms with van der Waals surface area (Å²) in [5, 5.41) is 4.61. The van der Waals surface area contributed by atoms with Gasteiger partial charge in [-0.2, -0.15) is 4.37 Å². The van der Waals surface area contributed by atoms with E-state index in [0.717, 1.165) is 30.6 Å². The summed E-state index contributed by atoms with van der Waals surface area (Å²) < 4.78 is 4.49. The first-order valence-corrected chi connectivity index (χ1v) is 8.91. The van der Waals surface area contributed by atoms with E-state index >= 15 is 0 Å². The highest BCUT2D eigenvalue weighted by molar-refractivity contribution is 7.09. The van der Waals surface area contributed by atoms with Crippen LogP contribution in [0.5, 0.6) is 0 Å². The molecule has 2 unspecified atom stereocenters. The first-order valence-electron chi connectivity index (χ1n) is 8.14. The van der Waals surface area contributed by atoms with E-state index in [4.69, 9.17) is 0 Å². The van der Waals surface area contributed by atoms with Gasteiger partial charge < -0.3 is 5.32 Å². The monoisotopic (exact) mass is 314 g/mol. The van der Waals surface area contributed by atoms with Crippen molar-refractivity contribution in [2.45, 2.75) is 38.3 Å². The van der Waals surface area contributed by atoms with Gasteiger partial charge in [0, 0.05) is 43.1 Å². The Morgan fingerprint density at radius 3 is 2.82 bits per heavy atom. The highest BCUT2D eigenvalue weighted by Crippen LogP contribution is 2.39. The average molecular weight is 314 g/mol. The van der Waals surface area contributed by atoms with Crippen LogP contribution >= 0.6 is 11.5 Å². The highest BCUT2D eigenvalue weighted by atomic mass is 32.1. The van der Waals surface area contributed by atoms with Gasteiger partial charge in [-0.3, -0.25) is 4.90 Å². The summed E-state index contributed by atoms with van der Waals surface area (Å²) in [6.45, 7) is 5.58. The second-order valence-corrected chi connectivity index (χ2v) is 7.39. The lowest BCUT2D eigenvalue weighted by atomic mass is 10.1. The van der Waals surface area contributed by atoms with Crippen LogP contribution in [0.15, 0.2) is 30.3 Å². The van der Waals surface area contributed by atoms with Crippen molar-refractivity contribution < 1.29 is 0 Å². The van der Waals surface area contributed by atoms with Crippen molar-refractivity contribution in [3.8, 4) is 0 Å². The molecule has 2 fully saturated rings. The van der Waals surface area contributed by atoms with Crippen LogP contribution in [0.25, 0.3) is 0 Å². The van der Waals surface area contributed by atoms with Gasteiger partial charge >= 0.3 is 0 Å². The number of hydrogen-bond acceptors (Lipinski definition) is 5. The fraction of sp³-hybridized carbons (Fsp3) is 0.529. The molecule has 1 N–H and O–H groups in total. The minimum absolute atomic E-state index is 0.476. The summed E-state index contributed by atoms with van der Waals surface area (Å²) >= 11 is 1.52. The Kier molecular flexibility index (Phi) is 3.84. The van der Waals surface area contributed by atoms with Crippen LogP contribution in [0, 0.1) is 5.92 Å². The third-order valence-electron chi connectivity index (χ3n) is 4.63. The van der Waals surface area contributed by atoms with Crippen molar-refractivity contribution in [3.63, 3.8) is 0 Å². The number of aromatic nitrogens is 2. The molecule has 0 spiro atoms. The molecule has 1 aliphatic carbocycles. The fourth-order valence-corrected chi connectivity index (χ4v) is 3.89. The Morgan fingerprint density at radius 2 is 2.05 bits per heavy atom. The number of nitrogens with one attached hydrogen (secondary N) is 1. The zero-order valence-corrected chi connectivity index (χ0v) is 13.7. The number of anilines is 1. The average Bonchev–Trinajstić information content (AvgIpc) is 3.18. The van der Waals surface area contributed by atoms with Gasteiger partial charge in [-0.15, -0.1) is 0 Å². The second kappa shape index (κ2) is 5.97. The number of benzene rings is 1. The Hall–Kier alpha value is -1.46. The molecule has 2 aromatic rings. The largest absolute Gasteiger partial charge is 0.356 e. The third kappa shape index (κ3) is 3.15. The molecular formula is C17H22N4S. The summed E-state index contributed by atoms with van der Waals surface area (Å²) in [6, 6.07) is 11.2. The molecule has 2 aliphatic rings. The van der Waals surface area contributed by atoms with Crippen LogP contribution in [0.3, 0.4) is 0 Å². The van der Waals surface area contributed by atoms with Gasteiger partial charge in [-0.1, -0.05) is 37.3 Å².